The highest BCUT2D eigenvalue weighted by molar-refractivity contribution is 9.10. The fourth-order valence-electron chi connectivity index (χ4n) is 2.13. The molecule has 24 heavy (non-hydrogen) atoms. The molecule has 0 radical (unpaired) electrons. The Balaban J connectivity index is 0.000000240. The SMILES string of the molecule is CC(C)(C)c1cc(Cl)ccc1F.Cc1ccc(C(C)(C)C)cc1Br. The summed E-state index contributed by atoms with van der Waals surface area (Å²) in [6.07, 6.45) is 0. The lowest BCUT2D eigenvalue weighted by atomic mass is 9.87. The van der Waals surface area contributed by atoms with E-state index in [0.29, 0.717) is 10.6 Å². The van der Waals surface area contributed by atoms with Gasteiger partial charge in [-0.3, -0.25) is 0 Å². The molecule has 0 aliphatic carbocycles. The molecule has 3 heteroatoms. The van der Waals surface area contributed by atoms with Gasteiger partial charge >= 0.3 is 0 Å². The predicted octanol–water partition coefficient (Wildman–Crippen LogP) is 7.83. The molecule has 0 aromatic heterocycles. The van der Waals surface area contributed by atoms with Gasteiger partial charge in [0.1, 0.15) is 5.82 Å². The first kappa shape index (κ1) is 21.2. The van der Waals surface area contributed by atoms with Crippen LogP contribution in [0.3, 0.4) is 0 Å². The first-order valence-corrected chi connectivity index (χ1v) is 9.21. The lowest BCUT2D eigenvalue weighted by Crippen LogP contribution is -2.13. The molecule has 0 saturated heterocycles. The Bertz CT molecular complexity index is 694. The largest absolute Gasteiger partial charge is 0.207 e. The molecule has 132 valence electrons. The third-order valence-corrected chi connectivity index (χ3v) is 4.86. The fourth-order valence-corrected chi connectivity index (χ4v) is 2.68. The maximum atomic E-state index is 13.2. The summed E-state index contributed by atoms with van der Waals surface area (Å²) < 4.78 is 14.4. The van der Waals surface area contributed by atoms with Crippen LogP contribution >= 0.6 is 27.5 Å². The van der Waals surface area contributed by atoms with Crippen molar-refractivity contribution < 1.29 is 4.39 Å². The zero-order chi connectivity index (χ0) is 18.7. The molecular weight excluding hydrogens is 387 g/mol. The van der Waals surface area contributed by atoms with Crippen molar-refractivity contribution in [1.29, 1.82) is 0 Å². The van der Waals surface area contributed by atoms with E-state index in [-0.39, 0.29) is 16.6 Å². The summed E-state index contributed by atoms with van der Waals surface area (Å²) in [5.41, 5.74) is 3.39. The van der Waals surface area contributed by atoms with Crippen LogP contribution in [0.5, 0.6) is 0 Å². The number of aryl methyl sites for hydroxylation is 1. The molecule has 0 unspecified atom stereocenters. The molecular formula is C21H27BrClF. The number of hydrogen-bond donors (Lipinski definition) is 0. The summed E-state index contributed by atoms with van der Waals surface area (Å²) in [6, 6.07) is 11.2. The lowest BCUT2D eigenvalue weighted by Gasteiger charge is -2.19. The van der Waals surface area contributed by atoms with Gasteiger partial charge in [0.2, 0.25) is 0 Å². The van der Waals surface area contributed by atoms with Crippen molar-refractivity contribution in [2.75, 3.05) is 0 Å². The van der Waals surface area contributed by atoms with Crippen LogP contribution in [0.15, 0.2) is 40.9 Å². The summed E-state index contributed by atoms with van der Waals surface area (Å²) in [4.78, 5) is 0. The molecule has 0 atom stereocenters. The number of hydrogen-bond acceptors (Lipinski definition) is 0. The van der Waals surface area contributed by atoms with Gasteiger partial charge in [-0.1, -0.05) is 81.2 Å². The van der Waals surface area contributed by atoms with Gasteiger partial charge in [-0.2, -0.15) is 0 Å². The van der Waals surface area contributed by atoms with Crippen molar-refractivity contribution in [2.24, 2.45) is 0 Å². The smallest absolute Gasteiger partial charge is 0.127 e. The molecule has 0 bridgehead atoms. The Morgan fingerprint density at radius 1 is 0.875 bits per heavy atom. The first-order valence-electron chi connectivity index (χ1n) is 8.04. The van der Waals surface area contributed by atoms with Crippen molar-refractivity contribution in [2.45, 2.75) is 59.3 Å². The van der Waals surface area contributed by atoms with Gasteiger partial charge in [0.15, 0.2) is 0 Å². The van der Waals surface area contributed by atoms with E-state index in [1.807, 2.05) is 20.8 Å². The van der Waals surface area contributed by atoms with Crippen LogP contribution in [0.1, 0.15) is 58.2 Å². The van der Waals surface area contributed by atoms with Gasteiger partial charge in [-0.25, -0.2) is 4.39 Å². The summed E-state index contributed by atoms with van der Waals surface area (Å²) >= 11 is 9.29. The second kappa shape index (κ2) is 8.01. The van der Waals surface area contributed by atoms with Gasteiger partial charge in [0.05, 0.1) is 0 Å². The molecule has 0 fully saturated rings. The monoisotopic (exact) mass is 412 g/mol. The molecule has 2 aromatic carbocycles. The van der Waals surface area contributed by atoms with Crippen LogP contribution in [0, 0.1) is 12.7 Å². The number of benzene rings is 2. The van der Waals surface area contributed by atoms with Crippen LogP contribution in [-0.2, 0) is 10.8 Å². The zero-order valence-corrected chi connectivity index (χ0v) is 17.9. The summed E-state index contributed by atoms with van der Waals surface area (Å²) in [5, 5.41) is 0.585. The van der Waals surface area contributed by atoms with E-state index < -0.39 is 0 Å². The van der Waals surface area contributed by atoms with Crippen molar-refractivity contribution in [3.8, 4) is 0 Å². The highest BCUT2D eigenvalue weighted by Crippen LogP contribution is 2.28. The van der Waals surface area contributed by atoms with Crippen LogP contribution in [0.25, 0.3) is 0 Å². The van der Waals surface area contributed by atoms with Gasteiger partial charge in [-0.15, -0.1) is 0 Å². The van der Waals surface area contributed by atoms with Crippen molar-refractivity contribution in [3.63, 3.8) is 0 Å². The first-order chi connectivity index (χ1) is 10.8. The molecule has 0 saturated carbocycles. The Kier molecular flexibility index (Phi) is 7.07. The van der Waals surface area contributed by atoms with E-state index >= 15 is 0 Å². The third kappa shape index (κ3) is 6.22. The number of halogens is 3. The Morgan fingerprint density at radius 2 is 1.46 bits per heavy atom. The van der Waals surface area contributed by atoms with Crippen molar-refractivity contribution >= 4 is 27.5 Å². The highest BCUT2D eigenvalue weighted by atomic mass is 79.9. The van der Waals surface area contributed by atoms with E-state index in [9.17, 15) is 4.39 Å². The van der Waals surface area contributed by atoms with Crippen molar-refractivity contribution in [3.05, 3.63) is 68.4 Å². The Morgan fingerprint density at radius 3 is 1.88 bits per heavy atom. The minimum absolute atomic E-state index is 0.186. The maximum Gasteiger partial charge on any atom is 0.127 e. The van der Waals surface area contributed by atoms with E-state index in [1.54, 1.807) is 12.1 Å². The number of rotatable bonds is 0. The lowest BCUT2D eigenvalue weighted by molar-refractivity contribution is 0.523. The van der Waals surface area contributed by atoms with E-state index in [4.69, 9.17) is 11.6 Å². The van der Waals surface area contributed by atoms with Gasteiger partial charge in [0, 0.05) is 9.50 Å². The summed E-state index contributed by atoms with van der Waals surface area (Å²) in [5.74, 6) is -0.188. The predicted molar refractivity (Wildman–Crippen MR) is 108 cm³/mol. The van der Waals surface area contributed by atoms with Gasteiger partial charge in [-0.05, 0) is 58.7 Å². The van der Waals surface area contributed by atoms with Crippen LogP contribution in [-0.4, -0.2) is 0 Å². The van der Waals surface area contributed by atoms with Crippen LogP contribution < -0.4 is 0 Å². The van der Waals surface area contributed by atoms with Gasteiger partial charge in [0.25, 0.3) is 0 Å². The average Bonchev–Trinajstić information content (AvgIpc) is 2.43. The third-order valence-electron chi connectivity index (χ3n) is 3.77. The minimum atomic E-state index is -0.188. The summed E-state index contributed by atoms with van der Waals surface area (Å²) in [7, 11) is 0. The van der Waals surface area contributed by atoms with Crippen LogP contribution in [0.4, 0.5) is 4.39 Å². The topological polar surface area (TPSA) is 0 Å². The molecule has 0 nitrogen and oxygen atoms in total. The molecule has 0 N–H and O–H groups in total. The van der Waals surface area contributed by atoms with E-state index in [0.717, 1.165) is 0 Å². The minimum Gasteiger partial charge on any atom is -0.207 e. The Hall–Kier alpha value is -0.860. The summed E-state index contributed by atoms with van der Waals surface area (Å²) in [6.45, 7) is 14.7. The van der Waals surface area contributed by atoms with Gasteiger partial charge < -0.3 is 0 Å². The second-order valence-corrected chi connectivity index (χ2v) is 9.38. The standard InChI is InChI=1S/C11H15Br.C10H12ClF/c1-8-5-6-9(7-10(8)12)11(2,3)4;1-10(2,3)8-6-7(11)4-5-9(8)12/h5-7H,1-4H3;4-6H,1-3H3. The molecule has 0 amide bonds. The second-order valence-electron chi connectivity index (χ2n) is 8.09. The normalized spacial score (nSPS) is 11.8. The van der Waals surface area contributed by atoms with E-state index in [1.165, 1.54) is 21.7 Å². The maximum absolute atomic E-state index is 13.2. The molecule has 0 aliphatic heterocycles. The average molecular weight is 414 g/mol. The Labute approximate surface area is 159 Å². The van der Waals surface area contributed by atoms with Crippen molar-refractivity contribution in [1.82, 2.24) is 0 Å². The van der Waals surface area contributed by atoms with Crippen LogP contribution in [0.2, 0.25) is 5.02 Å². The zero-order valence-electron chi connectivity index (χ0n) is 15.6. The molecule has 2 aromatic rings. The fraction of sp³-hybridized carbons (Fsp3) is 0.429. The van der Waals surface area contributed by atoms with E-state index in [2.05, 4.69) is 61.8 Å². The molecule has 0 heterocycles. The quantitative estimate of drug-likeness (QED) is 0.412. The molecule has 0 spiro atoms. The molecule has 2 rings (SSSR count). The highest BCUT2D eigenvalue weighted by Gasteiger charge is 2.18. The molecule has 0 aliphatic rings.